The fraction of sp³-hybridized carbons (Fsp3) is 0.533. The number of carbonyl (C=O) groups excluding carboxylic acids is 1. The number of carbonyl (C=O) groups is 1. The third-order valence-electron chi connectivity index (χ3n) is 7.72. The van der Waals surface area contributed by atoms with Crippen LogP contribution < -0.4 is 5.32 Å². The van der Waals surface area contributed by atoms with Crippen molar-refractivity contribution in [2.24, 2.45) is 11.3 Å². The molecule has 0 saturated carbocycles. The molecule has 0 aliphatic carbocycles. The van der Waals surface area contributed by atoms with E-state index in [2.05, 4.69) is 81.9 Å². The van der Waals surface area contributed by atoms with Crippen LogP contribution in [0.3, 0.4) is 0 Å². The quantitative estimate of drug-likeness (QED) is 0.481. The van der Waals surface area contributed by atoms with Gasteiger partial charge in [-0.15, -0.1) is 0 Å². The number of hydrogen-bond acceptors (Lipinski definition) is 5. The van der Waals surface area contributed by atoms with E-state index >= 15 is 0 Å². The fourth-order valence-corrected chi connectivity index (χ4v) is 4.92. The van der Waals surface area contributed by atoms with Gasteiger partial charge in [0.05, 0.1) is 18.6 Å². The van der Waals surface area contributed by atoms with Gasteiger partial charge in [0.15, 0.2) is 0 Å². The molecule has 1 aromatic heterocycles. The Labute approximate surface area is 221 Å². The fourth-order valence-electron chi connectivity index (χ4n) is 4.92. The van der Waals surface area contributed by atoms with Crippen LogP contribution in [0.4, 0.5) is 0 Å². The zero-order valence-corrected chi connectivity index (χ0v) is 22.9. The van der Waals surface area contributed by atoms with Gasteiger partial charge in [-0.2, -0.15) is 0 Å². The number of fused-ring (bicyclic) bond motifs is 2. The zero-order chi connectivity index (χ0) is 26.4. The predicted molar refractivity (Wildman–Crippen MR) is 148 cm³/mol. The van der Waals surface area contributed by atoms with Crippen molar-refractivity contribution in [3.8, 4) is 0 Å². The lowest BCUT2D eigenvalue weighted by Gasteiger charge is -2.32. The summed E-state index contributed by atoms with van der Waals surface area (Å²) >= 11 is 0. The number of amides is 1. The summed E-state index contributed by atoms with van der Waals surface area (Å²) in [7, 11) is 0. The maximum Gasteiger partial charge on any atom is 0.226 e. The van der Waals surface area contributed by atoms with E-state index in [1.807, 2.05) is 25.4 Å². The summed E-state index contributed by atoms with van der Waals surface area (Å²) in [5, 5.41) is 13.5. The molecule has 2 aromatic rings. The lowest BCUT2D eigenvalue weighted by Crippen LogP contribution is -2.42. The number of allylic oxidation sites excluding steroid dienone is 2. The molecule has 2 aliphatic heterocycles. The van der Waals surface area contributed by atoms with Gasteiger partial charge in [0.1, 0.15) is 5.82 Å². The van der Waals surface area contributed by atoms with Gasteiger partial charge in [-0.1, -0.05) is 64.1 Å². The summed E-state index contributed by atoms with van der Waals surface area (Å²) in [6.45, 7) is 13.8. The number of benzene rings is 1. The van der Waals surface area contributed by atoms with Crippen molar-refractivity contribution >= 4 is 5.91 Å². The van der Waals surface area contributed by atoms with Crippen molar-refractivity contribution < 1.29 is 9.90 Å². The van der Waals surface area contributed by atoms with E-state index in [1.54, 1.807) is 0 Å². The van der Waals surface area contributed by atoms with Crippen LogP contribution in [0.2, 0.25) is 0 Å². The topological polar surface area (TPSA) is 73.6 Å². The summed E-state index contributed by atoms with van der Waals surface area (Å²) in [4.78, 5) is 21.9. The second-order valence-electron chi connectivity index (χ2n) is 11.2. The maximum atomic E-state index is 12.8. The molecular formula is C30H43N5O2. The third kappa shape index (κ3) is 7.33. The highest BCUT2D eigenvalue weighted by molar-refractivity contribution is 5.80. The minimum atomic E-state index is -0.594. The summed E-state index contributed by atoms with van der Waals surface area (Å²) in [6, 6.07) is 8.49. The van der Waals surface area contributed by atoms with Crippen LogP contribution in [0.25, 0.3) is 0 Å². The van der Waals surface area contributed by atoms with Crippen molar-refractivity contribution in [1.82, 2.24) is 24.7 Å². The molecule has 0 bridgehead atoms. The zero-order valence-electron chi connectivity index (χ0n) is 22.9. The number of aliphatic hydroxyl groups excluding tert-OH is 1. The van der Waals surface area contributed by atoms with Crippen LogP contribution in [0.5, 0.6) is 0 Å². The number of imidazole rings is 1. The Hall–Kier alpha value is -2.90. The van der Waals surface area contributed by atoms with Gasteiger partial charge in [0.25, 0.3) is 0 Å². The Balaban J connectivity index is 1.31. The SMILES string of the molecule is CCC(C)(C)/C=C(\C=C/C(C)C(=O)NCC(O)CN1CCc2ccccc2C1)N1CCn2ccnc2C1. The van der Waals surface area contributed by atoms with Crippen molar-refractivity contribution in [3.05, 3.63) is 77.5 Å². The van der Waals surface area contributed by atoms with E-state index < -0.39 is 6.10 Å². The van der Waals surface area contributed by atoms with Gasteiger partial charge in [-0.3, -0.25) is 9.69 Å². The summed E-state index contributed by atoms with van der Waals surface area (Å²) in [6.07, 6.45) is 11.7. The monoisotopic (exact) mass is 505 g/mol. The van der Waals surface area contributed by atoms with Gasteiger partial charge in [-0.05, 0) is 35.5 Å². The van der Waals surface area contributed by atoms with E-state index in [9.17, 15) is 9.90 Å². The Morgan fingerprint density at radius 3 is 2.76 bits per heavy atom. The smallest absolute Gasteiger partial charge is 0.226 e. The third-order valence-corrected chi connectivity index (χ3v) is 7.72. The molecule has 0 fully saturated rings. The van der Waals surface area contributed by atoms with E-state index in [1.165, 1.54) is 11.1 Å². The average molecular weight is 506 g/mol. The molecule has 0 spiro atoms. The molecule has 3 heterocycles. The first kappa shape index (κ1) is 27.1. The highest BCUT2D eigenvalue weighted by Gasteiger charge is 2.22. The number of nitrogens with one attached hydrogen (secondary N) is 1. The van der Waals surface area contributed by atoms with E-state index in [-0.39, 0.29) is 23.8 Å². The molecule has 2 N–H and O–H groups in total. The van der Waals surface area contributed by atoms with Gasteiger partial charge in [0.2, 0.25) is 5.91 Å². The van der Waals surface area contributed by atoms with Gasteiger partial charge >= 0.3 is 0 Å². The first-order valence-corrected chi connectivity index (χ1v) is 13.6. The van der Waals surface area contributed by atoms with Crippen molar-refractivity contribution in [3.63, 3.8) is 0 Å². The lowest BCUT2D eigenvalue weighted by molar-refractivity contribution is -0.123. The molecule has 1 aromatic carbocycles. The van der Waals surface area contributed by atoms with Gasteiger partial charge in [0, 0.05) is 57.4 Å². The molecule has 37 heavy (non-hydrogen) atoms. The number of aromatic nitrogens is 2. The number of nitrogens with zero attached hydrogens (tertiary/aromatic N) is 4. The van der Waals surface area contributed by atoms with Crippen molar-refractivity contribution in [2.45, 2.75) is 66.3 Å². The summed E-state index contributed by atoms with van der Waals surface area (Å²) in [5.74, 6) is 0.702. The van der Waals surface area contributed by atoms with Gasteiger partial charge < -0.3 is 19.9 Å². The second-order valence-corrected chi connectivity index (χ2v) is 11.2. The molecular weight excluding hydrogens is 462 g/mol. The molecule has 7 heteroatoms. The summed E-state index contributed by atoms with van der Waals surface area (Å²) < 4.78 is 2.20. The number of rotatable bonds is 10. The molecule has 200 valence electrons. The number of aliphatic hydroxyl groups is 1. The van der Waals surface area contributed by atoms with E-state index in [0.717, 1.165) is 57.1 Å². The molecule has 2 atom stereocenters. The normalized spacial score (nSPS) is 18.4. The van der Waals surface area contributed by atoms with E-state index in [0.29, 0.717) is 6.54 Å². The highest BCUT2D eigenvalue weighted by Crippen LogP contribution is 2.27. The minimum absolute atomic E-state index is 0.0527. The Morgan fingerprint density at radius 1 is 1.19 bits per heavy atom. The highest BCUT2D eigenvalue weighted by atomic mass is 16.3. The lowest BCUT2D eigenvalue weighted by atomic mass is 9.88. The molecule has 0 radical (unpaired) electrons. The largest absolute Gasteiger partial charge is 0.390 e. The molecule has 4 rings (SSSR count). The predicted octanol–water partition coefficient (Wildman–Crippen LogP) is 3.75. The van der Waals surface area contributed by atoms with Gasteiger partial charge in [-0.25, -0.2) is 4.98 Å². The van der Waals surface area contributed by atoms with Crippen LogP contribution in [-0.2, 0) is 30.8 Å². The number of β-amino-alcohol motifs (C(OH)–C–C–N with tert-alkyl or cyclic N) is 1. The van der Waals surface area contributed by atoms with Crippen LogP contribution in [0, 0.1) is 11.3 Å². The molecule has 2 aliphatic rings. The standard InChI is InChI=1S/C30H43N5O2/c1-5-30(3,4)18-26(35-17-16-34-15-13-31-28(34)22-35)11-10-23(2)29(37)32-19-27(36)21-33-14-12-24-8-6-7-9-25(24)20-33/h6-11,13,15,18,23,27,36H,5,12,14,16-17,19-22H2,1-4H3,(H,32,37)/b11-10-,26-18+. The Kier molecular flexibility index (Phi) is 8.87. The van der Waals surface area contributed by atoms with Crippen LogP contribution >= 0.6 is 0 Å². The second kappa shape index (κ2) is 12.1. The Bertz CT molecular complexity index is 1120. The molecule has 1 amide bonds. The summed E-state index contributed by atoms with van der Waals surface area (Å²) in [5.41, 5.74) is 3.91. The Morgan fingerprint density at radius 2 is 1.97 bits per heavy atom. The van der Waals surface area contributed by atoms with Crippen LogP contribution in [0.15, 0.2) is 60.6 Å². The maximum absolute atomic E-state index is 12.8. The number of hydrogen-bond donors (Lipinski definition) is 2. The first-order valence-electron chi connectivity index (χ1n) is 13.6. The van der Waals surface area contributed by atoms with E-state index in [4.69, 9.17) is 0 Å². The van der Waals surface area contributed by atoms with Crippen LogP contribution in [-0.4, -0.2) is 62.6 Å². The molecule has 0 saturated heterocycles. The molecule has 2 unspecified atom stereocenters. The minimum Gasteiger partial charge on any atom is -0.390 e. The van der Waals surface area contributed by atoms with Crippen molar-refractivity contribution in [1.29, 1.82) is 0 Å². The first-order chi connectivity index (χ1) is 17.7. The molecule has 7 nitrogen and oxygen atoms in total. The van der Waals surface area contributed by atoms with Crippen LogP contribution in [0.1, 0.15) is 51.1 Å². The average Bonchev–Trinajstić information content (AvgIpc) is 3.37. The van der Waals surface area contributed by atoms with Crippen molar-refractivity contribution in [2.75, 3.05) is 26.2 Å².